The molecular weight excluding hydrogens is 866 g/mol. The molecule has 2 unspecified atom stereocenters. The largest absolute Gasteiger partial charge is 0.472 e. The Bertz CT molecular complexity index is 1140. The Morgan fingerprint density at radius 3 is 1.19 bits per heavy atom. The number of unbranched alkanes of at least 4 members (excludes halogenated alkanes) is 38. The summed E-state index contributed by atoms with van der Waals surface area (Å²) in [5.74, 6) is -0.306. The number of quaternary nitrogens is 1. The van der Waals surface area contributed by atoms with E-state index in [0.29, 0.717) is 24.1 Å². The van der Waals surface area contributed by atoms with Crippen LogP contribution < -0.4 is 0 Å². The van der Waals surface area contributed by atoms with Gasteiger partial charge in [0.2, 0.25) is 0 Å². The maximum atomic E-state index is 12.8. The van der Waals surface area contributed by atoms with Crippen LogP contribution in [-0.4, -0.2) is 75.6 Å². The third kappa shape index (κ3) is 55.9. The first-order valence-corrected chi connectivity index (χ1v) is 31.1. The van der Waals surface area contributed by atoms with Gasteiger partial charge in [0.25, 0.3) is 0 Å². The van der Waals surface area contributed by atoms with Gasteiger partial charge in [0.1, 0.15) is 19.3 Å². The molecule has 0 amide bonds. The van der Waals surface area contributed by atoms with Crippen LogP contribution in [0, 0.1) is 0 Å². The summed E-state index contributed by atoms with van der Waals surface area (Å²) in [5, 5.41) is 0. The molecule has 2 atom stereocenters. The van der Waals surface area contributed by atoms with Gasteiger partial charge < -0.3 is 18.9 Å². The highest BCUT2D eigenvalue weighted by atomic mass is 31.2. The van der Waals surface area contributed by atoms with Crippen molar-refractivity contribution in [3.8, 4) is 0 Å². The first kappa shape index (κ1) is 67.0. The summed E-state index contributed by atoms with van der Waals surface area (Å²) in [6, 6.07) is 0. The van der Waals surface area contributed by atoms with Crippen molar-refractivity contribution in [2.75, 3.05) is 54.1 Å². The van der Waals surface area contributed by atoms with E-state index in [4.69, 9.17) is 18.5 Å². The van der Waals surface area contributed by atoms with Crippen molar-refractivity contribution in [2.45, 2.75) is 296 Å². The van der Waals surface area contributed by atoms with Gasteiger partial charge >= 0.3 is 13.8 Å². The predicted molar refractivity (Wildman–Crippen MR) is 293 cm³/mol. The van der Waals surface area contributed by atoms with Crippen molar-refractivity contribution >= 4 is 13.8 Å². The lowest BCUT2D eigenvalue weighted by Gasteiger charge is -2.24. The normalized spacial score (nSPS) is 13.6. The minimum atomic E-state index is -4.28. The van der Waals surface area contributed by atoms with Gasteiger partial charge in [0.05, 0.1) is 34.4 Å². The summed E-state index contributed by atoms with van der Waals surface area (Å²) < 4.78 is 35.3. The lowest BCUT2D eigenvalue weighted by atomic mass is 10.0. The summed E-state index contributed by atoms with van der Waals surface area (Å²) in [7, 11) is 1.68. The smallest absolute Gasteiger partial charge is 0.457 e. The third-order valence-electron chi connectivity index (χ3n) is 13.3. The summed E-state index contributed by atoms with van der Waals surface area (Å²) in [6.07, 6.45) is 63.9. The number of phosphoric acid groups is 1. The van der Waals surface area contributed by atoms with E-state index in [-0.39, 0.29) is 25.8 Å². The number of likely N-dealkylation sites (N-methyl/N-ethyl adjacent to an activating group) is 1. The number of ether oxygens (including phenoxy) is 2. The zero-order valence-corrected chi connectivity index (χ0v) is 47.0. The fourth-order valence-corrected chi connectivity index (χ4v) is 9.45. The van der Waals surface area contributed by atoms with Crippen LogP contribution in [0.5, 0.6) is 0 Å². The lowest BCUT2D eigenvalue weighted by Crippen LogP contribution is -2.37. The van der Waals surface area contributed by atoms with Crippen LogP contribution in [0.3, 0.4) is 0 Å². The fourth-order valence-electron chi connectivity index (χ4n) is 8.71. The highest BCUT2D eigenvalue weighted by molar-refractivity contribution is 7.47. The van der Waals surface area contributed by atoms with Crippen molar-refractivity contribution in [1.82, 2.24) is 0 Å². The van der Waals surface area contributed by atoms with Crippen molar-refractivity contribution < 1.29 is 37.3 Å². The average Bonchev–Trinajstić information content (AvgIpc) is 3.30. The van der Waals surface area contributed by atoms with Gasteiger partial charge in [-0.05, 0) is 44.9 Å². The highest BCUT2D eigenvalue weighted by Crippen LogP contribution is 2.43. The zero-order valence-electron chi connectivity index (χ0n) is 46.1. The SMILES string of the molecule is CCCCCCC/C=C\C/C=C\CCCCCCCCCCCCCCOCC(COP(=O)(O)OCC[N+](C)(C)C)OC(=O)CCCCCCCCCCCCCCCCCCCCCCCC. The number of rotatable bonds is 56. The minimum absolute atomic E-state index is 0.0913. The zero-order chi connectivity index (χ0) is 49.8. The molecule has 0 aliphatic rings. The summed E-state index contributed by atoms with van der Waals surface area (Å²) in [5.41, 5.74) is 0. The van der Waals surface area contributed by atoms with E-state index in [1.54, 1.807) is 0 Å². The predicted octanol–water partition coefficient (Wildman–Crippen LogP) is 18.7. The maximum absolute atomic E-state index is 12.8. The molecule has 8 nitrogen and oxygen atoms in total. The number of phosphoric ester groups is 1. The molecule has 0 aliphatic heterocycles. The van der Waals surface area contributed by atoms with Crippen molar-refractivity contribution in [2.24, 2.45) is 0 Å². The first-order valence-electron chi connectivity index (χ1n) is 29.6. The van der Waals surface area contributed by atoms with Gasteiger partial charge in [-0.25, -0.2) is 4.57 Å². The molecule has 0 spiro atoms. The molecule has 0 radical (unpaired) electrons. The Morgan fingerprint density at radius 2 is 0.809 bits per heavy atom. The molecule has 0 aliphatic carbocycles. The number of carbonyl (C=O) groups is 1. The molecule has 0 bridgehead atoms. The molecule has 0 aromatic carbocycles. The van der Waals surface area contributed by atoms with Gasteiger partial charge in [-0.1, -0.05) is 263 Å². The van der Waals surface area contributed by atoms with Gasteiger partial charge in [-0.15, -0.1) is 0 Å². The van der Waals surface area contributed by atoms with Crippen molar-refractivity contribution in [3.05, 3.63) is 24.3 Å². The number of allylic oxidation sites excluding steroid dienone is 4. The monoisotopic (exact) mass is 983 g/mol. The molecule has 68 heavy (non-hydrogen) atoms. The summed E-state index contributed by atoms with van der Waals surface area (Å²) >= 11 is 0. The quantitative estimate of drug-likeness (QED) is 0.0213. The lowest BCUT2D eigenvalue weighted by molar-refractivity contribution is -0.870. The Hall–Kier alpha value is -1.02. The number of hydrogen-bond donors (Lipinski definition) is 1. The van der Waals surface area contributed by atoms with Crippen LogP contribution in [0.25, 0.3) is 0 Å². The van der Waals surface area contributed by atoms with Gasteiger partial charge in [0.15, 0.2) is 0 Å². The van der Waals surface area contributed by atoms with E-state index >= 15 is 0 Å². The van der Waals surface area contributed by atoms with E-state index in [9.17, 15) is 14.3 Å². The molecule has 1 N–H and O–H groups in total. The summed E-state index contributed by atoms with van der Waals surface area (Å²) in [4.78, 5) is 23.1. The van der Waals surface area contributed by atoms with Crippen LogP contribution >= 0.6 is 7.82 Å². The fraction of sp³-hybridized carbons (Fsp3) is 0.915. The number of carbonyl (C=O) groups excluding carboxylic acids is 1. The van der Waals surface area contributed by atoms with Crippen LogP contribution in [0.15, 0.2) is 24.3 Å². The van der Waals surface area contributed by atoms with Crippen molar-refractivity contribution in [1.29, 1.82) is 0 Å². The molecule has 0 aromatic rings. The summed E-state index contributed by atoms with van der Waals surface area (Å²) in [6.45, 7) is 5.68. The van der Waals surface area contributed by atoms with Crippen LogP contribution in [0.2, 0.25) is 0 Å². The van der Waals surface area contributed by atoms with Crippen molar-refractivity contribution in [3.63, 3.8) is 0 Å². The van der Waals surface area contributed by atoms with Gasteiger partial charge in [-0.2, -0.15) is 0 Å². The molecule has 0 heterocycles. The molecule has 0 fully saturated rings. The van der Waals surface area contributed by atoms with Gasteiger partial charge in [0, 0.05) is 13.0 Å². The number of nitrogens with zero attached hydrogens (tertiary/aromatic N) is 1. The molecule has 9 heteroatoms. The second-order valence-electron chi connectivity index (χ2n) is 21.4. The first-order chi connectivity index (χ1) is 33.1. The van der Waals surface area contributed by atoms with E-state index in [2.05, 4.69) is 38.2 Å². The van der Waals surface area contributed by atoms with Gasteiger partial charge in [-0.3, -0.25) is 13.8 Å². The Balaban J connectivity index is 4.03. The highest BCUT2D eigenvalue weighted by Gasteiger charge is 2.26. The molecular formula is C59H117NO7P+. The number of hydrogen-bond acceptors (Lipinski definition) is 6. The topological polar surface area (TPSA) is 91.3 Å². The van der Waals surface area contributed by atoms with E-state index < -0.39 is 13.9 Å². The standard InChI is InChI=1S/C59H116NO7P/c1-6-8-10-12-14-16-18-20-22-24-26-28-30-31-33-35-37-39-41-43-45-47-49-51-54-64-56-58(57-66-68(62,63)65-55-53-60(3,4)5)67-59(61)52-50-48-46-44-42-40-38-36-34-32-29-27-25-23-21-19-17-15-13-11-9-7-2/h18,20,24,26,58H,6-17,19,21-23,25,27-57H2,1-5H3/p+1/b20-18-,26-24-. The Kier molecular flexibility index (Phi) is 51.5. The molecule has 0 saturated heterocycles. The average molecular weight is 984 g/mol. The van der Waals surface area contributed by atoms with Crippen LogP contribution in [-0.2, 0) is 27.9 Å². The Labute approximate surface area is 423 Å². The second-order valence-corrected chi connectivity index (χ2v) is 22.8. The molecule has 0 aromatic heterocycles. The van der Waals surface area contributed by atoms with Crippen LogP contribution in [0.1, 0.15) is 290 Å². The Morgan fingerprint density at radius 1 is 0.456 bits per heavy atom. The second kappa shape index (κ2) is 52.3. The van der Waals surface area contributed by atoms with E-state index in [1.807, 2.05) is 21.1 Å². The molecule has 0 saturated carbocycles. The number of esters is 1. The molecule has 404 valence electrons. The van der Waals surface area contributed by atoms with Crippen LogP contribution in [0.4, 0.5) is 0 Å². The minimum Gasteiger partial charge on any atom is -0.457 e. The maximum Gasteiger partial charge on any atom is 0.472 e. The third-order valence-corrected chi connectivity index (χ3v) is 14.2. The van der Waals surface area contributed by atoms with E-state index in [1.165, 1.54) is 231 Å². The molecule has 0 rings (SSSR count). The van der Waals surface area contributed by atoms with E-state index in [0.717, 1.165) is 38.5 Å².